The van der Waals surface area contributed by atoms with E-state index in [1.165, 1.54) is 35.7 Å². The highest BCUT2D eigenvalue weighted by atomic mass is 32.2. The molecule has 0 bridgehead atoms. The number of pyridine rings is 1. The number of amides is 3. The monoisotopic (exact) mass is 563 g/mol. The maximum atomic E-state index is 13.0. The summed E-state index contributed by atoms with van der Waals surface area (Å²) in [5.41, 5.74) is 9.93. The van der Waals surface area contributed by atoms with Crippen molar-refractivity contribution in [3.8, 4) is 0 Å². The first-order valence-electron chi connectivity index (χ1n) is 10.5. The molecular formula is C20H19N8O8S2+. The van der Waals surface area contributed by atoms with Gasteiger partial charge in [-0.25, -0.2) is 14.2 Å². The third-order valence-electron chi connectivity index (χ3n) is 5.47. The molecule has 0 aliphatic carbocycles. The van der Waals surface area contributed by atoms with Crippen molar-refractivity contribution in [1.82, 2.24) is 19.6 Å². The second-order valence-electron chi connectivity index (χ2n) is 7.81. The zero-order valence-electron chi connectivity index (χ0n) is 19.4. The summed E-state index contributed by atoms with van der Waals surface area (Å²) in [7, 11) is 1.21. The molecule has 198 valence electrons. The molecule has 2 aliphatic rings. The van der Waals surface area contributed by atoms with Crippen molar-refractivity contribution < 1.29 is 43.6 Å². The number of nitrogens with zero attached hydrogens (tertiary/aromatic N) is 5. The SMILES string of the molecule is CO/N=C(\C(=O)N[C@@H]1C(=O)N2C(C(=O)O)=C(C[n+]3ccc(C(N)=O)c(C(=O)O)c3)CS[C@H]12)c1nsc(N)n1. The van der Waals surface area contributed by atoms with Gasteiger partial charge >= 0.3 is 11.9 Å². The number of aromatic carboxylic acids is 1. The molecule has 1 fully saturated rings. The Balaban J connectivity index is 1.56. The van der Waals surface area contributed by atoms with E-state index in [0.717, 1.165) is 22.6 Å². The molecule has 2 aromatic heterocycles. The van der Waals surface area contributed by atoms with Gasteiger partial charge in [0.1, 0.15) is 29.8 Å². The molecule has 0 aromatic carbocycles. The molecule has 4 heterocycles. The summed E-state index contributed by atoms with van der Waals surface area (Å²) in [5, 5.41) is 24.8. The summed E-state index contributed by atoms with van der Waals surface area (Å²) in [6.45, 7) is -0.0803. The van der Waals surface area contributed by atoms with Gasteiger partial charge in [-0.3, -0.25) is 19.3 Å². The van der Waals surface area contributed by atoms with Crippen molar-refractivity contribution in [2.45, 2.75) is 18.0 Å². The molecule has 2 atom stereocenters. The molecule has 4 rings (SSSR count). The summed E-state index contributed by atoms with van der Waals surface area (Å²) in [4.78, 5) is 70.6. The first kappa shape index (κ1) is 26.5. The van der Waals surface area contributed by atoms with Crippen LogP contribution in [-0.2, 0) is 25.8 Å². The third kappa shape index (κ3) is 4.85. The lowest BCUT2D eigenvalue weighted by atomic mass is 10.0. The number of nitrogens with one attached hydrogen (secondary N) is 1. The number of oxime groups is 1. The van der Waals surface area contributed by atoms with Crippen LogP contribution in [-0.4, -0.2) is 84.1 Å². The van der Waals surface area contributed by atoms with Crippen molar-refractivity contribution in [2.75, 3.05) is 18.6 Å². The van der Waals surface area contributed by atoms with Gasteiger partial charge in [0.2, 0.25) is 17.4 Å². The first-order chi connectivity index (χ1) is 18.0. The number of thioether (sulfide) groups is 1. The summed E-state index contributed by atoms with van der Waals surface area (Å²) in [5.74, 6) is -5.13. The van der Waals surface area contributed by atoms with Crippen molar-refractivity contribution >= 4 is 63.8 Å². The lowest BCUT2D eigenvalue weighted by molar-refractivity contribution is -0.689. The number of nitrogens with two attached hydrogens (primary N) is 2. The number of aliphatic carboxylic acids is 1. The van der Waals surface area contributed by atoms with Gasteiger partial charge in [-0.2, -0.15) is 9.36 Å². The molecule has 18 heteroatoms. The van der Waals surface area contributed by atoms with Crippen molar-refractivity contribution in [1.29, 1.82) is 0 Å². The largest absolute Gasteiger partial charge is 0.477 e. The second kappa shape index (κ2) is 10.4. The summed E-state index contributed by atoms with van der Waals surface area (Å²) in [6, 6.07) is 0.151. The molecule has 7 N–H and O–H groups in total. The van der Waals surface area contributed by atoms with E-state index in [1.807, 2.05) is 0 Å². The molecule has 0 saturated carbocycles. The van der Waals surface area contributed by atoms with Crippen LogP contribution in [0.4, 0.5) is 5.13 Å². The smallest absolute Gasteiger partial charge is 0.352 e. The number of carbonyl (C=O) groups is 5. The number of nitrogen functional groups attached to an aromatic ring is 1. The minimum Gasteiger partial charge on any atom is -0.477 e. The molecule has 0 spiro atoms. The van der Waals surface area contributed by atoms with E-state index in [0.29, 0.717) is 5.57 Å². The fourth-order valence-electron chi connectivity index (χ4n) is 3.86. The van der Waals surface area contributed by atoms with E-state index in [4.69, 9.17) is 11.5 Å². The Morgan fingerprint density at radius 2 is 2.03 bits per heavy atom. The number of fused-ring (bicyclic) bond motifs is 1. The van der Waals surface area contributed by atoms with E-state index in [2.05, 4.69) is 24.7 Å². The molecule has 1 saturated heterocycles. The van der Waals surface area contributed by atoms with Gasteiger partial charge in [0, 0.05) is 28.9 Å². The number of aromatic nitrogens is 3. The highest BCUT2D eigenvalue weighted by molar-refractivity contribution is 8.00. The summed E-state index contributed by atoms with van der Waals surface area (Å²) in [6.07, 6.45) is 2.54. The quantitative estimate of drug-likeness (QED) is 0.0962. The fourth-order valence-corrected chi connectivity index (χ4v) is 5.63. The van der Waals surface area contributed by atoms with Crippen LogP contribution in [0.5, 0.6) is 0 Å². The van der Waals surface area contributed by atoms with Crippen LogP contribution in [0.25, 0.3) is 0 Å². The van der Waals surface area contributed by atoms with E-state index in [1.54, 1.807) is 0 Å². The fraction of sp³-hybridized carbons (Fsp3) is 0.250. The second-order valence-corrected chi connectivity index (χ2v) is 9.70. The number of hydrogen-bond donors (Lipinski definition) is 5. The average molecular weight is 564 g/mol. The Morgan fingerprint density at radius 1 is 1.29 bits per heavy atom. The predicted molar refractivity (Wildman–Crippen MR) is 130 cm³/mol. The molecule has 16 nitrogen and oxygen atoms in total. The Labute approximate surface area is 221 Å². The van der Waals surface area contributed by atoms with Crippen LogP contribution in [0.2, 0.25) is 0 Å². The number of carboxylic acid groups (broad SMARTS) is 2. The highest BCUT2D eigenvalue weighted by Gasteiger charge is 2.55. The number of rotatable bonds is 9. The van der Waals surface area contributed by atoms with Crippen LogP contribution in [0.15, 0.2) is 34.9 Å². The number of β-lactam (4-membered cyclic amide) rings is 1. The Bertz CT molecular complexity index is 1440. The topological polar surface area (TPSA) is 244 Å². The van der Waals surface area contributed by atoms with Crippen molar-refractivity contribution in [3.05, 3.63) is 46.7 Å². The van der Waals surface area contributed by atoms with Gasteiger partial charge in [-0.05, 0) is 0 Å². The minimum absolute atomic E-state index is 0.0803. The van der Waals surface area contributed by atoms with Crippen LogP contribution < -0.4 is 21.4 Å². The zero-order valence-corrected chi connectivity index (χ0v) is 21.0. The molecule has 2 aliphatic heterocycles. The van der Waals surface area contributed by atoms with Gasteiger partial charge in [0.05, 0.1) is 5.56 Å². The standard InChI is InChI=1S/C20H18N8O8S2/c1-36-25-10(14-24-20(22)38-26-14)15(30)23-11-16(31)28-12(19(34)35)7(6-37-17(11)28)4-27-3-2-8(13(21)29)9(5-27)18(32)33/h2-3,5,11,17H,4,6H2,1H3,(H6-,21,22,23,24,26,29,30,32,33,34,35)/p+1/b25-10-/t11-,17-/m1/s1. The maximum absolute atomic E-state index is 13.0. The number of primary amides is 1. The third-order valence-corrected chi connectivity index (χ3v) is 7.36. The van der Waals surface area contributed by atoms with Gasteiger partial charge in [0.25, 0.3) is 11.8 Å². The van der Waals surface area contributed by atoms with Crippen molar-refractivity contribution in [3.63, 3.8) is 0 Å². The summed E-state index contributed by atoms with van der Waals surface area (Å²) < 4.78 is 5.28. The predicted octanol–water partition coefficient (Wildman–Crippen LogP) is -2.01. The molecule has 0 radical (unpaired) electrons. The summed E-state index contributed by atoms with van der Waals surface area (Å²) >= 11 is 2.04. The number of carbonyl (C=O) groups excluding carboxylic acids is 3. The van der Waals surface area contributed by atoms with Gasteiger partial charge in [0.15, 0.2) is 24.1 Å². The molecule has 38 heavy (non-hydrogen) atoms. The zero-order chi connectivity index (χ0) is 27.7. The lowest BCUT2D eigenvalue weighted by Gasteiger charge is -2.49. The van der Waals surface area contributed by atoms with E-state index < -0.39 is 41.1 Å². The Kier molecular flexibility index (Phi) is 7.26. The Hall–Kier alpha value is -4.58. The van der Waals surface area contributed by atoms with Crippen LogP contribution in [0.3, 0.4) is 0 Å². The van der Waals surface area contributed by atoms with Gasteiger partial charge < -0.3 is 31.8 Å². The normalized spacial score (nSPS) is 18.9. The van der Waals surface area contributed by atoms with Gasteiger partial charge in [-0.1, -0.05) is 5.16 Å². The van der Waals surface area contributed by atoms with E-state index in [-0.39, 0.29) is 45.8 Å². The van der Waals surface area contributed by atoms with Crippen LogP contribution in [0.1, 0.15) is 26.5 Å². The number of hydrogen-bond acceptors (Lipinski definition) is 12. The number of anilines is 1. The van der Waals surface area contributed by atoms with E-state index in [9.17, 15) is 34.2 Å². The van der Waals surface area contributed by atoms with Crippen molar-refractivity contribution in [2.24, 2.45) is 10.9 Å². The highest BCUT2D eigenvalue weighted by Crippen LogP contribution is 2.40. The number of carboxylic acids is 2. The molecule has 2 aromatic rings. The Morgan fingerprint density at radius 3 is 2.61 bits per heavy atom. The average Bonchev–Trinajstić information content (AvgIpc) is 3.30. The lowest BCUT2D eigenvalue weighted by Crippen LogP contribution is -2.71. The first-order valence-corrected chi connectivity index (χ1v) is 12.3. The molecule has 0 unspecified atom stereocenters. The molecular weight excluding hydrogens is 544 g/mol. The maximum Gasteiger partial charge on any atom is 0.352 e. The van der Waals surface area contributed by atoms with Crippen LogP contribution in [0, 0.1) is 0 Å². The van der Waals surface area contributed by atoms with Crippen LogP contribution >= 0.6 is 23.3 Å². The van der Waals surface area contributed by atoms with Gasteiger partial charge in [-0.15, -0.1) is 11.8 Å². The van der Waals surface area contributed by atoms with E-state index >= 15 is 0 Å². The molecule has 3 amide bonds. The minimum atomic E-state index is -1.39.